The second-order valence-corrected chi connectivity index (χ2v) is 3.49. The maximum absolute atomic E-state index is 12.5. The lowest BCUT2D eigenvalue weighted by molar-refractivity contribution is -0.164. The molecule has 0 amide bonds. The Hall–Kier alpha value is -0.640. The number of hydrogen-bond acceptors (Lipinski definition) is 2. The minimum Gasteiger partial charge on any atom is -0.477 e. The van der Waals surface area contributed by atoms with Gasteiger partial charge in [0.25, 0.3) is 6.36 Å². The van der Waals surface area contributed by atoms with Gasteiger partial charge in [-0.15, -0.1) is 0 Å². The first-order valence-electron chi connectivity index (χ1n) is 4.68. The highest BCUT2D eigenvalue weighted by molar-refractivity contribution is 5.70. The molecule has 0 bridgehead atoms. The van der Waals surface area contributed by atoms with Gasteiger partial charge in [0.1, 0.15) is 0 Å². The van der Waals surface area contributed by atoms with Crippen molar-refractivity contribution in [3.05, 3.63) is 0 Å². The summed E-state index contributed by atoms with van der Waals surface area (Å²) in [6, 6.07) is 0. The Kier molecular flexibility index (Phi) is 4.15. The summed E-state index contributed by atoms with van der Waals surface area (Å²) in [6.45, 7) is 0.244. The van der Waals surface area contributed by atoms with Crippen LogP contribution in [0.2, 0.25) is 0 Å². The smallest absolute Gasteiger partial charge is 0.366 e. The van der Waals surface area contributed by atoms with Crippen LogP contribution in [0.5, 0.6) is 0 Å². The SMILES string of the molecule is O=C(O)C(F)OCC1CCCCC1. The number of hydrogen-bond donors (Lipinski definition) is 1. The fourth-order valence-corrected chi connectivity index (χ4v) is 1.65. The number of rotatable bonds is 4. The molecule has 0 heterocycles. The van der Waals surface area contributed by atoms with E-state index in [1.54, 1.807) is 0 Å². The van der Waals surface area contributed by atoms with Gasteiger partial charge >= 0.3 is 5.97 Å². The molecule has 4 heteroatoms. The fraction of sp³-hybridized carbons (Fsp3) is 0.889. The highest BCUT2D eigenvalue weighted by Gasteiger charge is 2.20. The number of carboxylic acids is 1. The number of carboxylic acid groups (broad SMARTS) is 1. The molecule has 0 radical (unpaired) electrons. The highest BCUT2D eigenvalue weighted by Crippen LogP contribution is 2.24. The molecule has 1 N–H and O–H groups in total. The number of carbonyl (C=O) groups is 1. The quantitative estimate of drug-likeness (QED) is 0.737. The molecule has 1 aliphatic carbocycles. The van der Waals surface area contributed by atoms with E-state index in [9.17, 15) is 9.18 Å². The standard InChI is InChI=1S/C9H15FO3/c10-8(9(11)12)13-6-7-4-2-1-3-5-7/h7-8H,1-6H2,(H,11,12). The average Bonchev–Trinajstić information content (AvgIpc) is 2.15. The molecule has 0 aromatic carbocycles. The fourth-order valence-electron chi connectivity index (χ4n) is 1.65. The van der Waals surface area contributed by atoms with Crippen molar-refractivity contribution in [2.75, 3.05) is 6.61 Å². The summed E-state index contributed by atoms with van der Waals surface area (Å²) in [4.78, 5) is 10.1. The molecule has 1 atom stereocenters. The van der Waals surface area contributed by atoms with Gasteiger partial charge in [0, 0.05) is 0 Å². The van der Waals surface area contributed by atoms with Crippen molar-refractivity contribution in [1.29, 1.82) is 0 Å². The van der Waals surface area contributed by atoms with Crippen molar-refractivity contribution in [3.8, 4) is 0 Å². The van der Waals surface area contributed by atoms with Crippen LogP contribution in [0.1, 0.15) is 32.1 Å². The summed E-state index contributed by atoms with van der Waals surface area (Å²) in [7, 11) is 0. The molecule has 1 unspecified atom stereocenters. The lowest BCUT2D eigenvalue weighted by Gasteiger charge is -2.21. The largest absolute Gasteiger partial charge is 0.477 e. The van der Waals surface area contributed by atoms with Crippen LogP contribution in [-0.4, -0.2) is 24.0 Å². The Balaban J connectivity index is 2.13. The van der Waals surface area contributed by atoms with Crippen molar-refractivity contribution in [3.63, 3.8) is 0 Å². The van der Waals surface area contributed by atoms with Crippen molar-refractivity contribution in [1.82, 2.24) is 0 Å². The minimum atomic E-state index is -2.15. The molecule has 0 aromatic heterocycles. The normalized spacial score (nSPS) is 21.3. The summed E-state index contributed by atoms with van der Waals surface area (Å²) in [5.41, 5.74) is 0. The second-order valence-electron chi connectivity index (χ2n) is 3.49. The van der Waals surface area contributed by atoms with Gasteiger partial charge in [-0.05, 0) is 18.8 Å². The molecule has 1 saturated carbocycles. The molecular formula is C9H15FO3. The molecule has 1 rings (SSSR count). The van der Waals surface area contributed by atoms with Crippen LogP contribution < -0.4 is 0 Å². The molecule has 1 aliphatic rings. The van der Waals surface area contributed by atoms with Gasteiger partial charge in [-0.1, -0.05) is 19.3 Å². The Bertz CT molecular complexity index is 166. The third-order valence-electron chi connectivity index (χ3n) is 2.40. The van der Waals surface area contributed by atoms with E-state index < -0.39 is 12.3 Å². The van der Waals surface area contributed by atoms with Gasteiger partial charge in [-0.3, -0.25) is 0 Å². The van der Waals surface area contributed by atoms with E-state index in [-0.39, 0.29) is 6.61 Å². The summed E-state index contributed by atoms with van der Waals surface area (Å²) in [5, 5.41) is 8.21. The molecule has 76 valence electrons. The molecule has 0 saturated heterocycles. The third kappa shape index (κ3) is 3.72. The third-order valence-corrected chi connectivity index (χ3v) is 2.40. The van der Waals surface area contributed by atoms with Gasteiger partial charge in [0.05, 0.1) is 6.61 Å². The van der Waals surface area contributed by atoms with Crippen LogP contribution in [0.15, 0.2) is 0 Å². The van der Waals surface area contributed by atoms with Gasteiger partial charge < -0.3 is 9.84 Å². The van der Waals surface area contributed by atoms with Crippen LogP contribution >= 0.6 is 0 Å². The van der Waals surface area contributed by atoms with Gasteiger partial charge in [0.15, 0.2) is 0 Å². The highest BCUT2D eigenvalue weighted by atomic mass is 19.1. The Morgan fingerprint density at radius 2 is 2.08 bits per heavy atom. The number of ether oxygens (including phenoxy) is 1. The van der Waals surface area contributed by atoms with Crippen molar-refractivity contribution >= 4 is 5.97 Å². The van der Waals surface area contributed by atoms with Crippen molar-refractivity contribution < 1.29 is 19.0 Å². The van der Waals surface area contributed by atoms with E-state index in [2.05, 4.69) is 4.74 Å². The predicted molar refractivity (Wildman–Crippen MR) is 45.1 cm³/mol. The Labute approximate surface area is 76.9 Å². The van der Waals surface area contributed by atoms with E-state index in [1.165, 1.54) is 6.42 Å². The zero-order chi connectivity index (χ0) is 9.68. The van der Waals surface area contributed by atoms with Gasteiger partial charge in [0.2, 0.25) is 0 Å². The predicted octanol–water partition coefficient (Wildman–Crippen LogP) is 1.96. The van der Waals surface area contributed by atoms with E-state index in [0.29, 0.717) is 5.92 Å². The summed E-state index contributed by atoms with van der Waals surface area (Å²) in [6.07, 6.45) is 3.45. The zero-order valence-electron chi connectivity index (χ0n) is 7.54. The maximum atomic E-state index is 12.5. The molecule has 13 heavy (non-hydrogen) atoms. The molecule has 3 nitrogen and oxygen atoms in total. The average molecular weight is 190 g/mol. The Morgan fingerprint density at radius 3 is 2.62 bits per heavy atom. The molecule has 0 spiro atoms. The summed E-state index contributed by atoms with van der Waals surface area (Å²) in [5.74, 6) is -1.18. The van der Waals surface area contributed by atoms with Crippen LogP contribution in [0, 0.1) is 5.92 Å². The monoisotopic (exact) mass is 190 g/mol. The molecule has 0 aliphatic heterocycles. The van der Waals surface area contributed by atoms with Crippen LogP contribution in [0.25, 0.3) is 0 Å². The van der Waals surface area contributed by atoms with E-state index in [1.807, 2.05) is 0 Å². The molecule has 0 aromatic rings. The first-order valence-corrected chi connectivity index (χ1v) is 4.68. The van der Waals surface area contributed by atoms with E-state index >= 15 is 0 Å². The summed E-state index contributed by atoms with van der Waals surface area (Å²) >= 11 is 0. The molecule has 1 fully saturated rings. The van der Waals surface area contributed by atoms with E-state index in [4.69, 9.17) is 5.11 Å². The lowest BCUT2D eigenvalue weighted by atomic mass is 9.90. The topological polar surface area (TPSA) is 46.5 Å². The minimum absolute atomic E-state index is 0.244. The molecular weight excluding hydrogens is 175 g/mol. The van der Waals surface area contributed by atoms with Crippen molar-refractivity contribution in [2.45, 2.75) is 38.5 Å². The van der Waals surface area contributed by atoms with Crippen LogP contribution in [0.3, 0.4) is 0 Å². The summed E-state index contributed by atoms with van der Waals surface area (Å²) < 4.78 is 17.0. The number of alkyl halides is 1. The first-order chi connectivity index (χ1) is 6.20. The number of halogens is 1. The Morgan fingerprint density at radius 1 is 1.46 bits per heavy atom. The second kappa shape index (κ2) is 5.17. The van der Waals surface area contributed by atoms with Crippen molar-refractivity contribution in [2.24, 2.45) is 5.92 Å². The van der Waals surface area contributed by atoms with Gasteiger partial charge in [-0.2, -0.15) is 0 Å². The number of aliphatic carboxylic acids is 1. The zero-order valence-corrected chi connectivity index (χ0v) is 7.54. The van der Waals surface area contributed by atoms with Gasteiger partial charge in [-0.25, -0.2) is 9.18 Å². The van der Waals surface area contributed by atoms with Crippen LogP contribution in [-0.2, 0) is 9.53 Å². The van der Waals surface area contributed by atoms with E-state index in [0.717, 1.165) is 25.7 Å². The lowest BCUT2D eigenvalue weighted by Crippen LogP contribution is -2.23. The first kappa shape index (κ1) is 10.4. The van der Waals surface area contributed by atoms with Crippen LogP contribution in [0.4, 0.5) is 4.39 Å². The maximum Gasteiger partial charge on any atom is 0.366 e.